The van der Waals surface area contributed by atoms with Gasteiger partial charge in [0.25, 0.3) is 5.91 Å². The number of phenolic OH excluding ortho intramolecular Hbond substituents is 1. The van der Waals surface area contributed by atoms with Crippen LogP contribution >= 0.6 is 11.3 Å². The molecule has 0 unspecified atom stereocenters. The number of rotatable bonds is 4. The number of nitrogens with one attached hydrogen (secondary N) is 2. The first-order chi connectivity index (χ1) is 17.4. The summed E-state index contributed by atoms with van der Waals surface area (Å²) >= 11 is 1.13. The van der Waals surface area contributed by atoms with E-state index in [0.29, 0.717) is 33.3 Å². The molecule has 5 aromatic rings. The highest BCUT2D eigenvalue weighted by Crippen LogP contribution is 2.30. The second-order valence-electron chi connectivity index (χ2n) is 7.90. The number of imidazole rings is 1. The van der Waals surface area contributed by atoms with E-state index in [1.165, 1.54) is 6.07 Å². The number of anilines is 1. The monoisotopic (exact) mass is 498 g/mol. The zero-order valence-electron chi connectivity index (χ0n) is 18.9. The molecule has 0 aliphatic heterocycles. The molecule has 2 aromatic carbocycles. The number of aromatic amines is 1. The number of thiazole rings is 1. The van der Waals surface area contributed by atoms with Gasteiger partial charge in [-0.2, -0.15) is 0 Å². The number of aromatic hydroxyl groups is 1. The first-order valence-corrected chi connectivity index (χ1v) is 11.6. The quantitative estimate of drug-likeness (QED) is 0.277. The number of para-hydroxylation sites is 2. The van der Waals surface area contributed by atoms with Crippen molar-refractivity contribution in [2.45, 2.75) is 13.0 Å². The first-order valence-electron chi connectivity index (χ1n) is 10.8. The predicted molar refractivity (Wildman–Crippen MR) is 135 cm³/mol. The molecule has 3 aromatic heterocycles. The number of hydrogen-bond donors (Lipinski definition) is 4. The number of pyridine rings is 1. The van der Waals surface area contributed by atoms with Gasteiger partial charge in [0.2, 0.25) is 0 Å². The number of nitrogens with zero attached hydrogens (tertiary/aromatic N) is 3. The second kappa shape index (κ2) is 9.48. The fourth-order valence-electron chi connectivity index (χ4n) is 3.57. The highest BCUT2D eigenvalue weighted by atomic mass is 32.1. The Morgan fingerprint density at radius 2 is 2.00 bits per heavy atom. The highest BCUT2D eigenvalue weighted by Gasteiger charge is 2.26. The number of amides is 1. The van der Waals surface area contributed by atoms with Gasteiger partial charge in [-0.3, -0.25) is 4.79 Å². The summed E-state index contributed by atoms with van der Waals surface area (Å²) < 4.78 is 14.1. The van der Waals surface area contributed by atoms with Crippen LogP contribution in [-0.2, 0) is 0 Å². The second-order valence-corrected chi connectivity index (χ2v) is 8.90. The largest absolute Gasteiger partial charge is 0.508 e. The van der Waals surface area contributed by atoms with E-state index in [2.05, 4.69) is 37.1 Å². The van der Waals surface area contributed by atoms with Crippen LogP contribution in [0, 0.1) is 24.6 Å². The Labute approximate surface area is 209 Å². The molecule has 10 heteroatoms. The summed E-state index contributed by atoms with van der Waals surface area (Å²) in [7, 11) is 0. The number of fused-ring (bicyclic) bond motifs is 1. The van der Waals surface area contributed by atoms with Crippen LogP contribution in [0.3, 0.4) is 0 Å². The molecule has 0 spiro atoms. The van der Waals surface area contributed by atoms with Crippen LogP contribution in [0.15, 0.2) is 60.8 Å². The maximum Gasteiger partial charge on any atom is 0.281 e. The van der Waals surface area contributed by atoms with E-state index >= 15 is 0 Å². The minimum atomic E-state index is -0.958. The van der Waals surface area contributed by atoms with Crippen LogP contribution < -0.4 is 11.1 Å². The Morgan fingerprint density at radius 3 is 2.78 bits per heavy atom. The zero-order valence-corrected chi connectivity index (χ0v) is 19.7. The van der Waals surface area contributed by atoms with Crippen LogP contribution in [0.1, 0.15) is 43.4 Å². The van der Waals surface area contributed by atoms with Crippen LogP contribution in [0.5, 0.6) is 5.75 Å². The molecular formula is C26H19FN6O2S. The van der Waals surface area contributed by atoms with E-state index in [9.17, 15) is 14.3 Å². The Hall–Kier alpha value is -4.75. The minimum absolute atomic E-state index is 0.159. The van der Waals surface area contributed by atoms with E-state index in [1.54, 1.807) is 25.3 Å². The van der Waals surface area contributed by atoms with E-state index in [1.807, 2.05) is 24.3 Å². The van der Waals surface area contributed by atoms with Crippen LogP contribution in [-0.4, -0.2) is 30.9 Å². The van der Waals surface area contributed by atoms with Gasteiger partial charge in [-0.05, 0) is 55.3 Å². The predicted octanol–water partition coefficient (Wildman–Crippen LogP) is 4.07. The normalized spacial score (nSPS) is 11.6. The summed E-state index contributed by atoms with van der Waals surface area (Å²) in [6, 6.07) is 13.3. The Balaban J connectivity index is 1.47. The molecule has 1 atom stereocenters. The van der Waals surface area contributed by atoms with Crippen molar-refractivity contribution in [3.05, 3.63) is 99.1 Å². The molecule has 0 saturated heterocycles. The number of halogens is 1. The Morgan fingerprint density at radius 1 is 1.17 bits per heavy atom. The molecule has 3 heterocycles. The van der Waals surface area contributed by atoms with Gasteiger partial charge in [-0.25, -0.2) is 19.3 Å². The topological polar surface area (TPSA) is 130 Å². The molecule has 5 N–H and O–H groups in total. The molecule has 8 nitrogen and oxygen atoms in total. The zero-order chi connectivity index (χ0) is 25.2. The van der Waals surface area contributed by atoms with Gasteiger partial charge < -0.3 is 21.1 Å². The lowest BCUT2D eigenvalue weighted by molar-refractivity contribution is 0.0941. The minimum Gasteiger partial charge on any atom is -0.508 e. The maximum atomic E-state index is 14.1. The number of aryl methyl sites for hydroxylation is 1. The van der Waals surface area contributed by atoms with Crippen molar-refractivity contribution in [1.82, 2.24) is 25.3 Å². The molecule has 0 fully saturated rings. The van der Waals surface area contributed by atoms with Gasteiger partial charge >= 0.3 is 0 Å². The molecular weight excluding hydrogens is 479 g/mol. The Kier molecular flexibility index (Phi) is 6.06. The number of carbonyl (C=O) groups excluding carboxylic acids is 1. The molecule has 178 valence electrons. The molecule has 0 aliphatic rings. The van der Waals surface area contributed by atoms with E-state index in [4.69, 9.17) is 5.73 Å². The molecule has 36 heavy (non-hydrogen) atoms. The molecule has 0 aliphatic carbocycles. The third-order valence-corrected chi connectivity index (χ3v) is 6.43. The van der Waals surface area contributed by atoms with Crippen molar-refractivity contribution in [1.29, 1.82) is 0 Å². The molecule has 0 saturated carbocycles. The van der Waals surface area contributed by atoms with E-state index < -0.39 is 17.8 Å². The summed E-state index contributed by atoms with van der Waals surface area (Å²) in [5, 5.41) is 13.5. The van der Waals surface area contributed by atoms with Crippen molar-refractivity contribution >= 4 is 34.1 Å². The third-order valence-electron chi connectivity index (χ3n) is 5.35. The molecule has 0 bridgehead atoms. The lowest BCUT2D eigenvalue weighted by atomic mass is 10.0. The lowest BCUT2D eigenvalue weighted by Crippen LogP contribution is -2.30. The van der Waals surface area contributed by atoms with Crippen molar-refractivity contribution in [3.8, 4) is 17.6 Å². The number of nitrogen functional groups attached to an aromatic ring is 1. The van der Waals surface area contributed by atoms with Gasteiger partial charge in [-0.1, -0.05) is 29.4 Å². The third kappa shape index (κ3) is 4.73. The van der Waals surface area contributed by atoms with E-state index in [0.717, 1.165) is 29.0 Å². The van der Waals surface area contributed by atoms with Gasteiger partial charge in [0, 0.05) is 17.3 Å². The number of H-pyrrole nitrogens is 1. The summed E-state index contributed by atoms with van der Waals surface area (Å²) in [6.45, 7) is 1.76. The van der Waals surface area contributed by atoms with Crippen molar-refractivity contribution in [2.75, 3.05) is 5.73 Å². The fourth-order valence-corrected chi connectivity index (χ4v) is 4.39. The first kappa shape index (κ1) is 23.0. The molecule has 5 rings (SSSR count). The Bertz CT molecular complexity index is 1620. The van der Waals surface area contributed by atoms with Crippen LogP contribution in [0.4, 0.5) is 10.2 Å². The summed E-state index contributed by atoms with van der Waals surface area (Å²) in [5.74, 6) is 5.49. The van der Waals surface area contributed by atoms with Gasteiger partial charge in [0.15, 0.2) is 5.01 Å². The van der Waals surface area contributed by atoms with Crippen LogP contribution in [0.2, 0.25) is 0 Å². The number of nitrogens with two attached hydrogens (primary N) is 1. The number of carbonyl (C=O) groups is 1. The SMILES string of the molecule is Cc1nc(C(=O)N[C@H](c2nc3ccccc3[nH]2)c2cc(F)ccc2O)sc1C#Cc1ccc(N)nc1. The number of benzene rings is 2. The number of hydrogen-bond acceptors (Lipinski definition) is 7. The maximum absolute atomic E-state index is 14.1. The van der Waals surface area contributed by atoms with Gasteiger partial charge in [0.05, 0.1) is 16.7 Å². The number of phenols is 1. The van der Waals surface area contributed by atoms with Crippen molar-refractivity contribution in [2.24, 2.45) is 0 Å². The average Bonchev–Trinajstić information content (AvgIpc) is 3.47. The van der Waals surface area contributed by atoms with Gasteiger partial charge in [0.1, 0.15) is 34.1 Å². The lowest BCUT2D eigenvalue weighted by Gasteiger charge is -2.18. The number of aromatic nitrogens is 4. The standard InChI is InChI=1S/C26H19FN6O2S/c1-14-21(10-6-15-7-11-22(28)29-13-15)36-26(30-14)25(35)33-23(17-12-16(27)8-9-20(17)34)24-31-18-4-2-3-5-19(18)32-24/h2-5,7-9,11-13,23,34H,1H3,(H2,28,29)(H,31,32)(H,33,35)/t23-/m0/s1. The smallest absolute Gasteiger partial charge is 0.281 e. The average molecular weight is 499 g/mol. The summed E-state index contributed by atoms with van der Waals surface area (Å²) in [6.07, 6.45) is 1.57. The molecule has 0 radical (unpaired) electrons. The van der Waals surface area contributed by atoms with Crippen LogP contribution in [0.25, 0.3) is 11.0 Å². The highest BCUT2D eigenvalue weighted by molar-refractivity contribution is 7.14. The van der Waals surface area contributed by atoms with E-state index in [-0.39, 0.29) is 16.3 Å². The van der Waals surface area contributed by atoms with Crippen molar-refractivity contribution < 1.29 is 14.3 Å². The van der Waals surface area contributed by atoms with Gasteiger partial charge in [-0.15, -0.1) is 0 Å². The fraction of sp³-hybridized carbons (Fsp3) is 0.0769. The summed E-state index contributed by atoms with van der Waals surface area (Å²) in [4.78, 5) is 29.9. The molecule has 1 amide bonds. The summed E-state index contributed by atoms with van der Waals surface area (Å²) in [5.41, 5.74) is 8.44. The van der Waals surface area contributed by atoms with Crippen molar-refractivity contribution in [3.63, 3.8) is 0 Å².